The van der Waals surface area contributed by atoms with E-state index in [9.17, 15) is 0 Å². The van der Waals surface area contributed by atoms with Crippen LogP contribution < -0.4 is 8.79 Å². The molecule has 2 aromatic carbocycles. The fraction of sp³-hybridized carbons (Fsp3) is 0.455. The molecule has 2 aromatic rings. The van der Waals surface area contributed by atoms with Crippen molar-refractivity contribution in [1.82, 2.24) is 0 Å². The molecule has 23 heavy (non-hydrogen) atoms. The van der Waals surface area contributed by atoms with Crippen molar-refractivity contribution in [1.29, 1.82) is 0 Å². The van der Waals surface area contributed by atoms with Crippen LogP contribution in [0.2, 0.25) is 4.75 Å². The van der Waals surface area contributed by atoms with Gasteiger partial charge in [0.1, 0.15) is 0 Å². The molecule has 0 aliphatic heterocycles. The molecule has 1 aliphatic rings. The Labute approximate surface area is 146 Å². The molecule has 0 aromatic heterocycles. The average molecular weight is 366 g/mol. The molecule has 121 valence electrons. The number of hydrogen-bond donors (Lipinski definition) is 0. The summed E-state index contributed by atoms with van der Waals surface area (Å²) in [7, 11) is 0. The first-order valence-corrected chi connectivity index (χ1v) is 12.5. The van der Waals surface area contributed by atoms with E-state index in [-0.39, 0.29) is 0 Å². The van der Waals surface area contributed by atoms with Gasteiger partial charge in [0.05, 0.1) is 0 Å². The Kier molecular flexibility index (Phi) is 5.63. The van der Waals surface area contributed by atoms with Crippen LogP contribution in [0, 0.1) is 17.8 Å². The first-order valence-electron chi connectivity index (χ1n) is 9.14. The van der Waals surface area contributed by atoms with Crippen LogP contribution in [-0.2, 0) is 0 Å². The first-order chi connectivity index (χ1) is 11.2. The first kappa shape index (κ1) is 16.8. The molecular formula is C22H29Ge. The third kappa shape index (κ3) is 3.91. The van der Waals surface area contributed by atoms with E-state index >= 15 is 0 Å². The monoisotopic (exact) mass is 367 g/mol. The minimum atomic E-state index is -1.53. The van der Waals surface area contributed by atoms with Gasteiger partial charge in [0.15, 0.2) is 0 Å². The van der Waals surface area contributed by atoms with Gasteiger partial charge in [-0.25, -0.2) is 0 Å². The Hall–Kier alpha value is -1.02. The van der Waals surface area contributed by atoms with Crippen molar-refractivity contribution in [2.45, 2.75) is 44.8 Å². The standard InChI is InChI=1S/C22H29Ge/c1-17(2)21-15-14-18(3)16-22(21)23(19-10-6-4-7-11-19)20-12-8-5-9-13-20/h4-13,17-18,21-22H,14-16H2,1-3H3/t18-,21+,22-/m0/s1. The van der Waals surface area contributed by atoms with E-state index in [4.69, 9.17) is 0 Å². The van der Waals surface area contributed by atoms with Crippen molar-refractivity contribution in [2.75, 3.05) is 0 Å². The molecule has 1 aliphatic carbocycles. The van der Waals surface area contributed by atoms with Crippen LogP contribution in [0.15, 0.2) is 60.7 Å². The van der Waals surface area contributed by atoms with E-state index in [1.165, 1.54) is 19.3 Å². The molecular weight excluding hydrogens is 337 g/mol. The molecule has 3 atom stereocenters. The molecule has 0 spiro atoms. The van der Waals surface area contributed by atoms with Crippen molar-refractivity contribution in [3.05, 3.63) is 60.7 Å². The quantitative estimate of drug-likeness (QED) is 0.685. The SMILES string of the molecule is CC(C)[C@H]1CC[C@H](C)C[C@@H]1[Ge]([c]1ccccc1)[c]1ccccc1. The molecule has 1 radical (unpaired) electrons. The molecule has 0 saturated heterocycles. The average Bonchev–Trinajstić information content (AvgIpc) is 2.57. The predicted octanol–water partition coefficient (Wildman–Crippen LogP) is 4.76. The molecule has 0 heterocycles. The molecule has 0 nitrogen and oxygen atoms in total. The van der Waals surface area contributed by atoms with Gasteiger partial charge in [-0.1, -0.05) is 0 Å². The van der Waals surface area contributed by atoms with Crippen molar-refractivity contribution >= 4 is 23.1 Å². The number of hydrogen-bond acceptors (Lipinski definition) is 0. The Balaban J connectivity index is 2.03. The van der Waals surface area contributed by atoms with Gasteiger partial charge in [0.2, 0.25) is 0 Å². The molecule has 1 saturated carbocycles. The van der Waals surface area contributed by atoms with E-state index in [0.717, 1.165) is 22.5 Å². The van der Waals surface area contributed by atoms with E-state index < -0.39 is 14.3 Å². The summed E-state index contributed by atoms with van der Waals surface area (Å²) in [4.78, 5) is 0. The summed E-state index contributed by atoms with van der Waals surface area (Å²) in [6, 6.07) is 22.9. The van der Waals surface area contributed by atoms with Gasteiger partial charge in [-0.05, 0) is 0 Å². The van der Waals surface area contributed by atoms with Crippen LogP contribution >= 0.6 is 0 Å². The minimum absolute atomic E-state index is 0.808. The Morgan fingerprint density at radius 3 is 1.83 bits per heavy atom. The van der Waals surface area contributed by atoms with E-state index in [1.807, 2.05) is 0 Å². The van der Waals surface area contributed by atoms with Crippen LogP contribution in [0.3, 0.4) is 0 Å². The second-order valence-corrected chi connectivity index (χ2v) is 13.3. The Bertz CT molecular complexity index is 550. The van der Waals surface area contributed by atoms with Crippen LogP contribution in [0.5, 0.6) is 0 Å². The zero-order chi connectivity index (χ0) is 16.2. The molecule has 1 fully saturated rings. The van der Waals surface area contributed by atoms with Gasteiger partial charge in [-0.2, -0.15) is 0 Å². The van der Waals surface area contributed by atoms with E-state index in [0.29, 0.717) is 0 Å². The third-order valence-corrected chi connectivity index (χ3v) is 12.5. The van der Waals surface area contributed by atoms with Crippen molar-refractivity contribution in [3.63, 3.8) is 0 Å². The van der Waals surface area contributed by atoms with Crippen LogP contribution in [0.25, 0.3) is 0 Å². The van der Waals surface area contributed by atoms with Crippen molar-refractivity contribution in [2.24, 2.45) is 17.8 Å². The molecule has 0 N–H and O–H groups in total. The predicted molar refractivity (Wildman–Crippen MR) is 103 cm³/mol. The van der Waals surface area contributed by atoms with Gasteiger partial charge in [-0.3, -0.25) is 0 Å². The topological polar surface area (TPSA) is 0 Å². The molecule has 3 rings (SSSR count). The fourth-order valence-electron chi connectivity index (χ4n) is 4.36. The van der Waals surface area contributed by atoms with Crippen LogP contribution in [0.1, 0.15) is 40.0 Å². The summed E-state index contributed by atoms with van der Waals surface area (Å²) in [6.07, 6.45) is 4.29. The zero-order valence-corrected chi connectivity index (χ0v) is 16.8. The number of rotatable bonds is 4. The van der Waals surface area contributed by atoms with Crippen LogP contribution in [-0.4, -0.2) is 14.3 Å². The molecule has 0 amide bonds. The zero-order valence-electron chi connectivity index (χ0n) is 14.7. The molecule has 0 bridgehead atoms. The van der Waals surface area contributed by atoms with E-state index in [2.05, 4.69) is 81.4 Å². The van der Waals surface area contributed by atoms with Gasteiger partial charge < -0.3 is 0 Å². The van der Waals surface area contributed by atoms with Gasteiger partial charge in [-0.15, -0.1) is 0 Å². The maximum atomic E-state index is 2.47. The summed E-state index contributed by atoms with van der Waals surface area (Å²) in [5.41, 5.74) is 0. The summed E-state index contributed by atoms with van der Waals surface area (Å²) >= 11 is -1.53. The van der Waals surface area contributed by atoms with Crippen molar-refractivity contribution < 1.29 is 0 Å². The van der Waals surface area contributed by atoms with Gasteiger partial charge in [0.25, 0.3) is 0 Å². The fourth-order valence-corrected chi connectivity index (χ4v) is 12.6. The van der Waals surface area contributed by atoms with E-state index in [1.54, 1.807) is 8.79 Å². The Morgan fingerprint density at radius 1 is 0.826 bits per heavy atom. The van der Waals surface area contributed by atoms with Crippen LogP contribution in [0.4, 0.5) is 0 Å². The molecule has 1 heteroatoms. The summed E-state index contributed by atoms with van der Waals surface area (Å²) < 4.78 is 4.23. The Morgan fingerprint density at radius 2 is 1.35 bits per heavy atom. The summed E-state index contributed by atoms with van der Waals surface area (Å²) in [6.45, 7) is 7.36. The van der Waals surface area contributed by atoms with Gasteiger partial charge in [0, 0.05) is 0 Å². The summed E-state index contributed by atoms with van der Waals surface area (Å²) in [5, 5.41) is 0. The summed E-state index contributed by atoms with van der Waals surface area (Å²) in [5.74, 6) is 2.61. The normalized spacial score (nSPS) is 25.0. The van der Waals surface area contributed by atoms with Gasteiger partial charge >= 0.3 is 146 Å². The second-order valence-electron chi connectivity index (χ2n) is 7.58. The third-order valence-electron chi connectivity index (χ3n) is 5.56. The maximum absolute atomic E-state index is 2.47. The second kappa shape index (κ2) is 7.70. The molecule has 0 unspecified atom stereocenters. The number of benzene rings is 2. The van der Waals surface area contributed by atoms with Crippen molar-refractivity contribution in [3.8, 4) is 0 Å².